The van der Waals surface area contributed by atoms with Crippen LogP contribution in [0.1, 0.15) is 18.1 Å². The van der Waals surface area contributed by atoms with Crippen LogP contribution in [0.4, 0.5) is 4.39 Å². The molecule has 18 heavy (non-hydrogen) atoms. The van der Waals surface area contributed by atoms with Crippen molar-refractivity contribution in [2.75, 3.05) is 18.6 Å². The summed E-state index contributed by atoms with van der Waals surface area (Å²) < 4.78 is 13.5. The third-order valence-corrected chi connectivity index (χ3v) is 3.36. The number of nitriles is 1. The van der Waals surface area contributed by atoms with Gasteiger partial charge in [-0.25, -0.2) is 4.39 Å². The number of nitrogens with one attached hydrogen (secondary N) is 1. The monoisotopic (exact) mass is 268 g/mol. The van der Waals surface area contributed by atoms with Gasteiger partial charge in [0.25, 0.3) is 0 Å². The smallest absolute Gasteiger partial charge is 0.127 e. The zero-order valence-corrected chi connectivity index (χ0v) is 11.4. The van der Waals surface area contributed by atoms with Gasteiger partial charge in [-0.05, 0) is 31.4 Å². The molecule has 2 N–H and O–H groups in total. The third kappa shape index (κ3) is 4.65. The van der Waals surface area contributed by atoms with E-state index in [9.17, 15) is 9.50 Å². The molecular formula is C13H17FN2OS. The SMILES string of the molecule is CSCC(C)(O)CNCc1cc(C#N)ccc1F. The zero-order valence-electron chi connectivity index (χ0n) is 10.5. The van der Waals surface area contributed by atoms with Crippen molar-refractivity contribution in [2.24, 2.45) is 0 Å². The summed E-state index contributed by atoms with van der Waals surface area (Å²) in [5, 5.41) is 21.7. The predicted molar refractivity (Wildman–Crippen MR) is 71.8 cm³/mol. The maximum Gasteiger partial charge on any atom is 0.127 e. The van der Waals surface area contributed by atoms with Crippen LogP contribution in [0.15, 0.2) is 18.2 Å². The van der Waals surface area contributed by atoms with Crippen LogP contribution in [0.3, 0.4) is 0 Å². The highest BCUT2D eigenvalue weighted by molar-refractivity contribution is 7.98. The van der Waals surface area contributed by atoms with E-state index in [0.717, 1.165) is 0 Å². The van der Waals surface area contributed by atoms with Crippen molar-refractivity contribution in [1.29, 1.82) is 5.26 Å². The number of hydrogen-bond donors (Lipinski definition) is 2. The molecule has 1 aromatic carbocycles. The molecule has 0 aliphatic carbocycles. The van der Waals surface area contributed by atoms with Crippen molar-refractivity contribution in [2.45, 2.75) is 19.1 Å². The van der Waals surface area contributed by atoms with Crippen molar-refractivity contribution in [3.05, 3.63) is 35.1 Å². The minimum Gasteiger partial charge on any atom is -0.388 e. The molecule has 98 valence electrons. The predicted octanol–water partition coefficient (Wildman–Crippen LogP) is 1.90. The topological polar surface area (TPSA) is 56.0 Å². The molecule has 0 heterocycles. The van der Waals surface area contributed by atoms with E-state index in [1.54, 1.807) is 18.7 Å². The fourth-order valence-corrected chi connectivity index (χ4v) is 2.33. The van der Waals surface area contributed by atoms with Crippen LogP contribution in [0.25, 0.3) is 0 Å². The van der Waals surface area contributed by atoms with Gasteiger partial charge in [-0.2, -0.15) is 17.0 Å². The average molecular weight is 268 g/mol. The van der Waals surface area contributed by atoms with Gasteiger partial charge in [-0.1, -0.05) is 0 Å². The van der Waals surface area contributed by atoms with Crippen LogP contribution in [-0.4, -0.2) is 29.3 Å². The minimum atomic E-state index is -0.817. The van der Waals surface area contributed by atoms with Crippen LogP contribution in [0.2, 0.25) is 0 Å². The van der Waals surface area contributed by atoms with E-state index >= 15 is 0 Å². The number of hydrogen-bond acceptors (Lipinski definition) is 4. The highest BCUT2D eigenvalue weighted by Gasteiger charge is 2.18. The molecule has 0 amide bonds. The second-order valence-electron chi connectivity index (χ2n) is 4.45. The minimum absolute atomic E-state index is 0.298. The van der Waals surface area contributed by atoms with Gasteiger partial charge in [0.1, 0.15) is 5.82 Å². The van der Waals surface area contributed by atoms with Gasteiger partial charge in [-0.15, -0.1) is 0 Å². The van der Waals surface area contributed by atoms with E-state index in [-0.39, 0.29) is 5.82 Å². The number of thioether (sulfide) groups is 1. The van der Waals surface area contributed by atoms with Crippen molar-refractivity contribution in [3.8, 4) is 6.07 Å². The Morgan fingerprint density at radius 3 is 2.89 bits per heavy atom. The van der Waals surface area contributed by atoms with Crippen molar-refractivity contribution < 1.29 is 9.50 Å². The largest absolute Gasteiger partial charge is 0.388 e. The van der Waals surface area contributed by atoms with Gasteiger partial charge in [-0.3, -0.25) is 0 Å². The summed E-state index contributed by atoms with van der Waals surface area (Å²) in [5.41, 5.74) is 0.0565. The first-order valence-corrected chi connectivity index (χ1v) is 6.98. The Morgan fingerprint density at radius 1 is 1.56 bits per heavy atom. The Morgan fingerprint density at radius 2 is 2.28 bits per heavy atom. The van der Waals surface area contributed by atoms with E-state index in [1.165, 1.54) is 18.2 Å². The number of benzene rings is 1. The number of halogens is 1. The van der Waals surface area contributed by atoms with Crippen molar-refractivity contribution in [3.63, 3.8) is 0 Å². The Balaban J connectivity index is 2.56. The molecule has 0 fully saturated rings. The van der Waals surface area contributed by atoms with Gasteiger partial charge in [0.15, 0.2) is 0 Å². The molecule has 0 spiro atoms. The first-order valence-electron chi connectivity index (χ1n) is 5.59. The molecule has 0 aromatic heterocycles. The quantitative estimate of drug-likeness (QED) is 0.827. The highest BCUT2D eigenvalue weighted by Crippen LogP contribution is 2.12. The maximum atomic E-state index is 13.5. The molecule has 3 nitrogen and oxygen atoms in total. The van der Waals surface area contributed by atoms with Gasteiger partial charge in [0.2, 0.25) is 0 Å². The van der Waals surface area contributed by atoms with Gasteiger partial charge >= 0.3 is 0 Å². The molecule has 1 unspecified atom stereocenters. The summed E-state index contributed by atoms with van der Waals surface area (Å²) in [6.45, 7) is 2.41. The van der Waals surface area contributed by atoms with Crippen LogP contribution >= 0.6 is 11.8 Å². The van der Waals surface area contributed by atoms with Crippen molar-refractivity contribution >= 4 is 11.8 Å². The molecule has 0 saturated carbocycles. The van der Waals surface area contributed by atoms with Crippen LogP contribution < -0.4 is 5.32 Å². The number of nitrogens with zero attached hydrogens (tertiary/aromatic N) is 1. The van der Waals surface area contributed by atoms with Crippen LogP contribution in [0.5, 0.6) is 0 Å². The van der Waals surface area contributed by atoms with Crippen molar-refractivity contribution in [1.82, 2.24) is 5.32 Å². The maximum absolute atomic E-state index is 13.5. The van der Waals surface area contributed by atoms with E-state index < -0.39 is 5.60 Å². The number of aliphatic hydroxyl groups is 1. The molecule has 0 aliphatic rings. The normalized spacial score (nSPS) is 13.9. The first-order chi connectivity index (χ1) is 8.48. The van der Waals surface area contributed by atoms with E-state index in [4.69, 9.17) is 5.26 Å². The highest BCUT2D eigenvalue weighted by atomic mass is 32.2. The lowest BCUT2D eigenvalue weighted by Crippen LogP contribution is -2.39. The lowest BCUT2D eigenvalue weighted by molar-refractivity contribution is 0.0845. The Bertz CT molecular complexity index is 443. The van der Waals surface area contributed by atoms with Crippen LogP contribution in [-0.2, 0) is 6.54 Å². The average Bonchev–Trinajstić information content (AvgIpc) is 2.31. The van der Waals surface area contributed by atoms with E-state index in [1.807, 2.05) is 12.3 Å². The third-order valence-electron chi connectivity index (χ3n) is 2.45. The molecular weight excluding hydrogens is 251 g/mol. The second-order valence-corrected chi connectivity index (χ2v) is 5.32. The molecule has 1 rings (SSSR count). The molecule has 0 bridgehead atoms. The summed E-state index contributed by atoms with van der Waals surface area (Å²) in [7, 11) is 0. The summed E-state index contributed by atoms with van der Waals surface area (Å²) in [5.74, 6) is 0.270. The van der Waals surface area contributed by atoms with Gasteiger partial charge in [0.05, 0.1) is 17.2 Å². The second kappa shape index (κ2) is 6.74. The Kier molecular flexibility index (Phi) is 5.60. The van der Waals surface area contributed by atoms with Crippen LogP contribution in [0, 0.1) is 17.1 Å². The summed E-state index contributed by atoms with van der Waals surface area (Å²) in [6, 6.07) is 6.23. The Hall–Kier alpha value is -1.09. The lowest BCUT2D eigenvalue weighted by atomic mass is 10.1. The molecule has 0 saturated heterocycles. The number of rotatable bonds is 6. The fraction of sp³-hybridized carbons (Fsp3) is 0.462. The van der Waals surface area contributed by atoms with Gasteiger partial charge in [0, 0.05) is 24.4 Å². The summed E-state index contributed by atoms with van der Waals surface area (Å²) in [6.07, 6.45) is 1.92. The van der Waals surface area contributed by atoms with E-state index in [0.29, 0.717) is 30.0 Å². The standard InChI is InChI=1S/C13H17FN2OS/c1-13(17,9-18-2)8-16-7-11-5-10(6-15)3-4-12(11)14/h3-5,16-17H,7-9H2,1-2H3. The molecule has 0 aliphatic heterocycles. The lowest BCUT2D eigenvalue weighted by Gasteiger charge is -2.22. The molecule has 5 heteroatoms. The molecule has 1 atom stereocenters. The first kappa shape index (κ1) is 15.0. The molecule has 1 aromatic rings. The van der Waals surface area contributed by atoms with E-state index in [2.05, 4.69) is 5.32 Å². The molecule has 0 radical (unpaired) electrons. The fourth-order valence-electron chi connectivity index (χ4n) is 1.61. The summed E-state index contributed by atoms with van der Waals surface area (Å²) >= 11 is 1.56. The summed E-state index contributed by atoms with van der Waals surface area (Å²) in [4.78, 5) is 0. The Labute approximate surface area is 111 Å². The van der Waals surface area contributed by atoms with Gasteiger partial charge < -0.3 is 10.4 Å². The zero-order chi connectivity index (χ0) is 13.6.